The summed E-state index contributed by atoms with van der Waals surface area (Å²) in [6.07, 6.45) is 0. The van der Waals surface area contributed by atoms with Gasteiger partial charge in [-0.1, -0.05) is 6.07 Å². The van der Waals surface area contributed by atoms with Gasteiger partial charge in [0.15, 0.2) is 11.5 Å². The Morgan fingerprint density at radius 1 is 1.55 bits per heavy atom. The number of benzene rings is 1. The monoisotopic (exact) mass is 156 g/mol. The molecule has 3 nitrogen and oxygen atoms in total. The highest BCUT2D eigenvalue weighted by molar-refractivity contribution is 5.88. The minimum Gasteiger partial charge on any atom is -0.478 e. The highest BCUT2D eigenvalue weighted by Gasteiger charge is 2.13. The Kier molecular flexibility index (Phi) is 1.87. The Bertz CT molecular complexity index is 298. The molecular weight excluding hydrogens is 149 g/mol. The summed E-state index contributed by atoms with van der Waals surface area (Å²) >= 11 is 0. The second-order valence-corrected chi connectivity index (χ2v) is 2.08. The van der Waals surface area contributed by atoms with E-state index in [0.717, 1.165) is 0 Å². The van der Waals surface area contributed by atoms with Crippen LogP contribution in [-0.2, 0) is 0 Å². The van der Waals surface area contributed by atoms with Crippen LogP contribution in [0.5, 0.6) is 0 Å². The van der Waals surface area contributed by atoms with E-state index in [-0.39, 0.29) is 11.3 Å². The largest absolute Gasteiger partial charge is 0.478 e. The molecule has 0 radical (unpaired) electrons. The van der Waals surface area contributed by atoms with Crippen LogP contribution in [-0.4, -0.2) is 11.1 Å². The number of carboxylic acid groups (broad SMARTS) is 1. The van der Waals surface area contributed by atoms with Gasteiger partial charge >= 0.3 is 5.97 Å². The van der Waals surface area contributed by atoms with Crippen LogP contribution in [0.2, 0.25) is 0 Å². The predicted molar refractivity (Wildman–Crippen MR) is 35.9 cm³/mol. The highest BCUT2D eigenvalue weighted by Crippen LogP contribution is 2.12. The van der Waals surface area contributed by atoms with E-state index in [1.165, 1.54) is 18.2 Å². The molecule has 58 valence electrons. The molecule has 0 heterocycles. The highest BCUT2D eigenvalue weighted by atomic mass is 19.1. The van der Waals surface area contributed by atoms with Gasteiger partial charge in [-0.25, -0.2) is 4.79 Å². The van der Waals surface area contributed by atoms with Crippen LogP contribution in [0.4, 0.5) is 10.1 Å². The Hall–Kier alpha value is -1.42. The summed E-state index contributed by atoms with van der Waals surface area (Å²) in [5.41, 5.74) is 3.09. The average molecular weight is 156 g/mol. The van der Waals surface area contributed by atoms with Gasteiger partial charge in [0.1, 0.15) is 5.56 Å². The number of rotatable bonds is 1. The molecule has 0 aliphatic heterocycles. The fourth-order valence-corrected chi connectivity index (χ4v) is 0.745. The minimum absolute atomic E-state index is 0.102. The van der Waals surface area contributed by atoms with Crippen molar-refractivity contribution >= 4 is 11.7 Å². The molecule has 0 atom stereocenters. The lowest BCUT2D eigenvalue weighted by Gasteiger charge is -1.95. The number of aromatic carboxylic acids is 1. The topological polar surface area (TPSA) is 64.9 Å². The van der Waals surface area contributed by atoms with Crippen LogP contribution in [0.15, 0.2) is 18.2 Å². The zero-order valence-corrected chi connectivity index (χ0v) is 5.67. The van der Waals surface area contributed by atoms with Crippen LogP contribution in [0.3, 0.4) is 0 Å². The van der Waals surface area contributed by atoms with Gasteiger partial charge in [0.25, 0.3) is 0 Å². The van der Waals surface area contributed by atoms with Gasteiger partial charge in [-0.2, -0.15) is 4.39 Å². The molecule has 4 heteroatoms. The Morgan fingerprint density at radius 2 is 2.18 bits per heavy atom. The van der Waals surface area contributed by atoms with Crippen molar-refractivity contribution in [3.63, 3.8) is 0 Å². The summed E-state index contributed by atoms with van der Waals surface area (Å²) in [5.74, 6) is -2.03. The van der Waals surface area contributed by atoms with Crippen LogP contribution < -0.4 is 5.73 Å². The van der Waals surface area contributed by atoms with Crippen molar-refractivity contribution < 1.29 is 20.0 Å². The van der Waals surface area contributed by atoms with Crippen molar-refractivity contribution in [2.24, 2.45) is 0 Å². The summed E-state index contributed by atoms with van der Waals surface area (Å²) in [6.45, 7) is 0. The van der Waals surface area contributed by atoms with Crippen molar-refractivity contribution in [2.45, 2.75) is 0 Å². The maximum Gasteiger partial charge on any atom is 0.338 e. The molecule has 0 amide bonds. The molecule has 0 saturated heterocycles. The number of quaternary nitrogens is 1. The molecule has 0 aromatic heterocycles. The Labute approximate surface area is 62.3 Å². The molecule has 4 N–H and O–H groups in total. The molecule has 1 aromatic rings. The fourth-order valence-electron chi connectivity index (χ4n) is 0.745. The van der Waals surface area contributed by atoms with E-state index < -0.39 is 11.8 Å². The summed E-state index contributed by atoms with van der Waals surface area (Å²) in [5, 5.41) is 8.42. The molecule has 0 aliphatic carbocycles. The van der Waals surface area contributed by atoms with Gasteiger partial charge in [-0.05, 0) is 6.07 Å². The summed E-state index contributed by atoms with van der Waals surface area (Å²) < 4.78 is 12.8. The molecule has 1 rings (SSSR count). The Morgan fingerprint density at radius 3 is 2.64 bits per heavy atom. The molecule has 0 fully saturated rings. The van der Waals surface area contributed by atoms with Crippen molar-refractivity contribution in [3.05, 3.63) is 29.6 Å². The van der Waals surface area contributed by atoms with Crippen LogP contribution in [0, 0.1) is 5.82 Å². The van der Waals surface area contributed by atoms with Crippen LogP contribution in [0.1, 0.15) is 10.4 Å². The predicted octanol–water partition coefficient (Wildman–Crippen LogP) is 0.397. The molecule has 0 unspecified atom stereocenters. The van der Waals surface area contributed by atoms with E-state index in [1.807, 2.05) is 0 Å². The molecule has 0 bridgehead atoms. The molecule has 11 heavy (non-hydrogen) atoms. The molecule has 0 saturated carbocycles. The van der Waals surface area contributed by atoms with Gasteiger partial charge in [-0.3, -0.25) is 0 Å². The van der Waals surface area contributed by atoms with Gasteiger partial charge in [0.05, 0.1) is 0 Å². The first-order valence-corrected chi connectivity index (χ1v) is 2.96. The molecular formula is C7H7FNO2+. The lowest BCUT2D eigenvalue weighted by molar-refractivity contribution is -0.258. The van der Waals surface area contributed by atoms with Crippen LogP contribution in [0.25, 0.3) is 0 Å². The fraction of sp³-hybridized carbons (Fsp3) is 0. The van der Waals surface area contributed by atoms with E-state index in [9.17, 15) is 9.18 Å². The number of carboxylic acids is 1. The van der Waals surface area contributed by atoms with Crippen molar-refractivity contribution in [2.75, 3.05) is 0 Å². The third-order valence-electron chi connectivity index (χ3n) is 1.31. The number of halogens is 1. The van der Waals surface area contributed by atoms with Gasteiger partial charge in [0.2, 0.25) is 0 Å². The standard InChI is InChI=1S/C7H6FNO2/c8-6-4(7(10)11)2-1-3-5(6)9/h1-3H,9H2,(H,10,11)/p+1. The first-order valence-electron chi connectivity index (χ1n) is 2.96. The SMILES string of the molecule is [NH3+]c1cccc(C(=O)O)c1F. The molecule has 1 aromatic carbocycles. The van der Waals surface area contributed by atoms with E-state index >= 15 is 0 Å². The van der Waals surface area contributed by atoms with Crippen molar-refractivity contribution in [3.8, 4) is 0 Å². The van der Waals surface area contributed by atoms with Crippen molar-refractivity contribution in [1.29, 1.82) is 0 Å². The van der Waals surface area contributed by atoms with E-state index in [4.69, 9.17) is 5.11 Å². The minimum atomic E-state index is -1.27. The lowest BCUT2D eigenvalue weighted by Crippen LogP contribution is -2.41. The summed E-state index contributed by atoms with van der Waals surface area (Å²) in [4.78, 5) is 10.3. The summed E-state index contributed by atoms with van der Waals surface area (Å²) in [6, 6.07) is 4.07. The third-order valence-corrected chi connectivity index (χ3v) is 1.31. The normalized spacial score (nSPS) is 9.64. The van der Waals surface area contributed by atoms with Gasteiger partial charge in [-0.15, -0.1) is 0 Å². The third kappa shape index (κ3) is 1.35. The first kappa shape index (κ1) is 7.68. The zero-order valence-electron chi connectivity index (χ0n) is 5.67. The van der Waals surface area contributed by atoms with Gasteiger partial charge in [0, 0.05) is 6.07 Å². The van der Waals surface area contributed by atoms with E-state index in [2.05, 4.69) is 5.73 Å². The number of hydrogen-bond acceptors (Lipinski definition) is 1. The van der Waals surface area contributed by atoms with E-state index in [1.54, 1.807) is 0 Å². The zero-order chi connectivity index (χ0) is 8.43. The maximum atomic E-state index is 12.8. The first-order chi connectivity index (χ1) is 5.13. The average Bonchev–Trinajstić information content (AvgIpc) is 1.94. The van der Waals surface area contributed by atoms with Gasteiger partial charge < -0.3 is 10.8 Å². The smallest absolute Gasteiger partial charge is 0.338 e. The Balaban J connectivity index is 3.27. The lowest BCUT2D eigenvalue weighted by atomic mass is 10.2. The summed E-state index contributed by atoms with van der Waals surface area (Å²) in [7, 11) is 0. The van der Waals surface area contributed by atoms with E-state index in [0.29, 0.717) is 0 Å². The van der Waals surface area contributed by atoms with Crippen molar-refractivity contribution in [1.82, 2.24) is 0 Å². The second kappa shape index (κ2) is 2.67. The molecule has 0 aliphatic rings. The number of carbonyl (C=O) groups is 1. The maximum absolute atomic E-state index is 12.8. The van der Waals surface area contributed by atoms with Crippen LogP contribution >= 0.6 is 0 Å². The quantitative estimate of drug-likeness (QED) is 0.618. The number of hydrogen-bond donors (Lipinski definition) is 2. The molecule has 0 spiro atoms. The second-order valence-electron chi connectivity index (χ2n) is 2.08.